The number of nitrogens with one attached hydrogen (secondary N) is 1. The van der Waals surface area contributed by atoms with E-state index in [1.165, 1.54) is 0 Å². The minimum absolute atomic E-state index is 0.0484. The summed E-state index contributed by atoms with van der Waals surface area (Å²) in [7, 11) is -3.46. The monoisotopic (exact) mass is 262 g/mol. The van der Waals surface area contributed by atoms with Crippen molar-refractivity contribution in [2.24, 2.45) is 0 Å². The number of hydrogen-bond acceptors (Lipinski definition) is 5. The molecule has 1 heterocycles. The zero-order valence-electron chi connectivity index (χ0n) is 9.34. The second kappa shape index (κ2) is 5.78. The lowest BCUT2D eigenvalue weighted by atomic mass is 10.3. The van der Waals surface area contributed by atoms with Gasteiger partial charge in [-0.25, -0.2) is 13.1 Å². The number of hydrogen-bond donors (Lipinski definition) is 2. The summed E-state index contributed by atoms with van der Waals surface area (Å²) in [4.78, 5) is 10.2. The molecule has 0 amide bonds. The third kappa shape index (κ3) is 5.45. The Balaban J connectivity index is 2.36. The number of carbonyl (C=O) groups is 1. The van der Waals surface area contributed by atoms with Crippen LogP contribution in [0.1, 0.15) is 24.3 Å². The number of sulfonamides is 1. The highest BCUT2D eigenvalue weighted by atomic mass is 32.2. The summed E-state index contributed by atoms with van der Waals surface area (Å²) in [5.41, 5.74) is 0.490. The van der Waals surface area contributed by atoms with Crippen molar-refractivity contribution in [3.63, 3.8) is 0 Å². The van der Waals surface area contributed by atoms with Crippen molar-refractivity contribution >= 4 is 16.0 Å². The van der Waals surface area contributed by atoms with Gasteiger partial charge in [0.1, 0.15) is 5.76 Å². The number of aliphatic carboxylic acids is 1. The molecule has 0 aliphatic rings. The van der Waals surface area contributed by atoms with Gasteiger partial charge in [0.05, 0.1) is 18.0 Å². The summed E-state index contributed by atoms with van der Waals surface area (Å²) in [5, 5.41) is 12.0. The molecule has 96 valence electrons. The third-order valence-corrected chi connectivity index (χ3v) is 3.36. The summed E-state index contributed by atoms with van der Waals surface area (Å²) in [6.07, 6.45) is -0.0769. The Hall–Kier alpha value is -1.41. The second-order valence-corrected chi connectivity index (χ2v) is 5.49. The minimum Gasteiger partial charge on any atom is -0.481 e. The van der Waals surface area contributed by atoms with E-state index in [0.717, 1.165) is 0 Å². The van der Waals surface area contributed by atoms with Gasteiger partial charge >= 0.3 is 5.97 Å². The van der Waals surface area contributed by atoms with E-state index >= 15 is 0 Å². The Kier molecular flexibility index (Phi) is 4.64. The van der Waals surface area contributed by atoms with Crippen molar-refractivity contribution in [1.29, 1.82) is 0 Å². The summed E-state index contributed by atoms with van der Waals surface area (Å²) in [6, 6.07) is 1.62. The quantitative estimate of drug-likeness (QED) is 0.729. The van der Waals surface area contributed by atoms with Gasteiger partial charge in [0.2, 0.25) is 10.0 Å². The Morgan fingerprint density at radius 2 is 2.29 bits per heavy atom. The van der Waals surface area contributed by atoms with E-state index in [4.69, 9.17) is 9.63 Å². The predicted molar refractivity (Wildman–Crippen MR) is 58.7 cm³/mol. The lowest BCUT2D eigenvalue weighted by Crippen LogP contribution is -2.26. The zero-order valence-corrected chi connectivity index (χ0v) is 10.2. The molecular formula is C9H14N2O5S. The molecule has 2 N–H and O–H groups in total. The van der Waals surface area contributed by atoms with Crippen LogP contribution in [0.3, 0.4) is 0 Å². The van der Waals surface area contributed by atoms with Gasteiger partial charge in [0.25, 0.3) is 0 Å². The van der Waals surface area contributed by atoms with Crippen molar-refractivity contribution in [2.75, 3.05) is 5.75 Å². The topological polar surface area (TPSA) is 110 Å². The first-order valence-corrected chi connectivity index (χ1v) is 6.65. The van der Waals surface area contributed by atoms with Crippen LogP contribution in [0.4, 0.5) is 0 Å². The maximum absolute atomic E-state index is 11.4. The van der Waals surface area contributed by atoms with Crippen LogP contribution in [0.5, 0.6) is 0 Å². The number of nitrogens with zero attached hydrogens (tertiary/aromatic N) is 1. The molecule has 1 aromatic rings. The Morgan fingerprint density at radius 1 is 1.59 bits per heavy atom. The molecule has 0 saturated heterocycles. The van der Waals surface area contributed by atoms with E-state index in [2.05, 4.69) is 9.88 Å². The Bertz CT molecular complexity index is 479. The molecular weight excluding hydrogens is 248 g/mol. The van der Waals surface area contributed by atoms with Gasteiger partial charge in [-0.2, -0.15) is 0 Å². The van der Waals surface area contributed by atoms with Gasteiger partial charge in [0, 0.05) is 12.5 Å². The molecule has 0 aromatic carbocycles. The fourth-order valence-corrected chi connectivity index (χ4v) is 2.21. The van der Waals surface area contributed by atoms with Gasteiger partial charge in [0.15, 0.2) is 0 Å². The molecule has 0 radical (unpaired) electrons. The molecule has 0 fully saturated rings. The van der Waals surface area contributed by atoms with E-state index in [1.807, 2.05) is 0 Å². The maximum atomic E-state index is 11.4. The third-order valence-electron chi connectivity index (χ3n) is 1.95. The molecule has 17 heavy (non-hydrogen) atoms. The van der Waals surface area contributed by atoms with Crippen molar-refractivity contribution in [2.45, 2.75) is 26.3 Å². The first kappa shape index (κ1) is 13.7. The SMILES string of the molecule is Cc1cc(CNS(=O)(=O)CCCC(=O)O)no1. The normalized spacial score (nSPS) is 11.6. The highest BCUT2D eigenvalue weighted by molar-refractivity contribution is 7.89. The molecule has 0 saturated carbocycles. The minimum atomic E-state index is -3.46. The number of aryl methyl sites for hydroxylation is 1. The van der Waals surface area contributed by atoms with Gasteiger partial charge < -0.3 is 9.63 Å². The van der Waals surface area contributed by atoms with Crippen LogP contribution < -0.4 is 4.72 Å². The van der Waals surface area contributed by atoms with Gasteiger partial charge in [-0.05, 0) is 13.3 Å². The standard InChI is InChI=1S/C9H14N2O5S/c1-7-5-8(11-16-7)6-10-17(14,15)4-2-3-9(12)13/h5,10H,2-4,6H2,1H3,(H,12,13). The molecule has 0 aliphatic carbocycles. The number of rotatable bonds is 7. The maximum Gasteiger partial charge on any atom is 0.303 e. The van der Waals surface area contributed by atoms with Crippen LogP contribution in [0.25, 0.3) is 0 Å². The van der Waals surface area contributed by atoms with Crippen molar-refractivity contribution < 1.29 is 22.8 Å². The molecule has 1 rings (SSSR count). The van der Waals surface area contributed by atoms with Crippen molar-refractivity contribution in [1.82, 2.24) is 9.88 Å². The molecule has 0 bridgehead atoms. The first-order chi connectivity index (χ1) is 7.89. The Morgan fingerprint density at radius 3 is 2.82 bits per heavy atom. The lowest BCUT2D eigenvalue weighted by molar-refractivity contribution is -0.137. The van der Waals surface area contributed by atoms with Crippen LogP contribution in [0, 0.1) is 6.92 Å². The summed E-state index contributed by atoms with van der Waals surface area (Å²) in [6.45, 7) is 1.75. The predicted octanol–water partition coefficient (Wildman–Crippen LogP) is 0.267. The smallest absolute Gasteiger partial charge is 0.303 e. The highest BCUT2D eigenvalue weighted by Crippen LogP contribution is 2.02. The summed E-state index contributed by atoms with van der Waals surface area (Å²) < 4.78 is 30.0. The first-order valence-electron chi connectivity index (χ1n) is 5.00. The molecule has 0 atom stereocenters. The fraction of sp³-hybridized carbons (Fsp3) is 0.556. The van der Waals surface area contributed by atoms with E-state index in [0.29, 0.717) is 11.5 Å². The molecule has 0 aliphatic heterocycles. The Labute approximate surface area is 98.9 Å². The van der Waals surface area contributed by atoms with Gasteiger partial charge in [-0.15, -0.1) is 0 Å². The van der Waals surface area contributed by atoms with E-state index in [-0.39, 0.29) is 25.1 Å². The molecule has 0 spiro atoms. The van der Waals surface area contributed by atoms with Crippen LogP contribution in [0.2, 0.25) is 0 Å². The van der Waals surface area contributed by atoms with Crippen molar-refractivity contribution in [3.8, 4) is 0 Å². The zero-order chi connectivity index (χ0) is 12.9. The average Bonchev–Trinajstić information content (AvgIpc) is 2.61. The molecule has 8 heteroatoms. The molecule has 1 aromatic heterocycles. The van der Waals surface area contributed by atoms with E-state index in [1.54, 1.807) is 13.0 Å². The second-order valence-electron chi connectivity index (χ2n) is 3.57. The average molecular weight is 262 g/mol. The van der Waals surface area contributed by atoms with Gasteiger partial charge in [-0.1, -0.05) is 5.16 Å². The van der Waals surface area contributed by atoms with Crippen LogP contribution in [-0.4, -0.2) is 30.4 Å². The van der Waals surface area contributed by atoms with Crippen LogP contribution in [0.15, 0.2) is 10.6 Å². The number of aromatic nitrogens is 1. The largest absolute Gasteiger partial charge is 0.481 e. The summed E-state index contributed by atoms with van der Waals surface area (Å²) in [5.74, 6) is -0.617. The van der Waals surface area contributed by atoms with E-state index in [9.17, 15) is 13.2 Å². The van der Waals surface area contributed by atoms with Gasteiger partial charge in [-0.3, -0.25) is 4.79 Å². The highest BCUT2D eigenvalue weighted by Gasteiger charge is 2.12. The lowest BCUT2D eigenvalue weighted by Gasteiger charge is -2.03. The molecule has 7 nitrogen and oxygen atoms in total. The summed E-state index contributed by atoms with van der Waals surface area (Å²) >= 11 is 0. The van der Waals surface area contributed by atoms with E-state index < -0.39 is 16.0 Å². The number of carboxylic acid groups (broad SMARTS) is 1. The van der Waals surface area contributed by atoms with Crippen LogP contribution >= 0.6 is 0 Å². The molecule has 0 unspecified atom stereocenters. The fourth-order valence-electron chi connectivity index (χ4n) is 1.17. The number of carboxylic acids is 1. The van der Waals surface area contributed by atoms with Crippen molar-refractivity contribution in [3.05, 3.63) is 17.5 Å². The van der Waals surface area contributed by atoms with Crippen LogP contribution in [-0.2, 0) is 21.4 Å².